The van der Waals surface area contributed by atoms with E-state index in [0.29, 0.717) is 26.3 Å². The molecule has 0 saturated carbocycles. The van der Waals surface area contributed by atoms with Crippen molar-refractivity contribution in [1.82, 2.24) is 4.31 Å². The number of amides is 1. The van der Waals surface area contributed by atoms with Crippen LogP contribution in [0.3, 0.4) is 0 Å². The molecule has 0 spiro atoms. The second-order valence-electron chi connectivity index (χ2n) is 4.99. The third kappa shape index (κ3) is 4.06. The van der Waals surface area contributed by atoms with Gasteiger partial charge in [0.2, 0.25) is 10.0 Å². The van der Waals surface area contributed by atoms with Gasteiger partial charge in [-0.1, -0.05) is 0 Å². The molecule has 2 N–H and O–H groups in total. The van der Waals surface area contributed by atoms with Gasteiger partial charge in [0.1, 0.15) is 0 Å². The van der Waals surface area contributed by atoms with Crippen molar-refractivity contribution in [3.63, 3.8) is 0 Å². The third-order valence-electron chi connectivity index (χ3n) is 3.38. The van der Waals surface area contributed by atoms with Crippen molar-refractivity contribution < 1.29 is 27.5 Å². The monoisotopic (exact) mass is 342 g/mol. The van der Waals surface area contributed by atoms with E-state index in [0.717, 1.165) is 0 Å². The average molecular weight is 342 g/mol. The Balaban J connectivity index is 2.12. The zero-order valence-corrected chi connectivity index (χ0v) is 13.4. The zero-order chi connectivity index (χ0) is 17.0. The van der Waals surface area contributed by atoms with Crippen LogP contribution in [0.5, 0.6) is 0 Å². The van der Waals surface area contributed by atoms with Gasteiger partial charge in [-0.25, -0.2) is 13.2 Å². The Morgan fingerprint density at radius 3 is 2.30 bits per heavy atom. The highest BCUT2D eigenvalue weighted by molar-refractivity contribution is 7.89. The van der Waals surface area contributed by atoms with Crippen molar-refractivity contribution in [2.45, 2.75) is 17.9 Å². The Labute approximate surface area is 134 Å². The molecule has 0 unspecified atom stereocenters. The molecule has 0 aromatic heterocycles. The van der Waals surface area contributed by atoms with Crippen LogP contribution in [0.15, 0.2) is 29.2 Å². The fourth-order valence-corrected chi connectivity index (χ4v) is 3.39. The number of benzene rings is 1. The number of carbonyl (C=O) groups is 2. The number of morpholine rings is 1. The number of nitrogens with zero attached hydrogens (tertiary/aromatic N) is 1. The van der Waals surface area contributed by atoms with Crippen LogP contribution >= 0.6 is 0 Å². The van der Waals surface area contributed by atoms with Crippen molar-refractivity contribution in [2.75, 3.05) is 26.3 Å². The molecule has 1 aromatic carbocycles. The molecule has 1 fully saturated rings. The maximum Gasteiger partial charge on any atom is 0.338 e. The smallest absolute Gasteiger partial charge is 0.338 e. The lowest BCUT2D eigenvalue weighted by molar-refractivity contribution is -0.125. The van der Waals surface area contributed by atoms with Crippen LogP contribution in [0.4, 0.5) is 0 Å². The van der Waals surface area contributed by atoms with Crippen molar-refractivity contribution in [3.05, 3.63) is 29.8 Å². The van der Waals surface area contributed by atoms with Crippen molar-refractivity contribution in [1.29, 1.82) is 0 Å². The van der Waals surface area contributed by atoms with Gasteiger partial charge in [0.05, 0.1) is 23.7 Å². The molecule has 0 radical (unpaired) electrons. The molecule has 2 rings (SSSR count). The quantitative estimate of drug-likeness (QED) is 0.737. The minimum Gasteiger partial charge on any atom is -0.449 e. The number of carbonyl (C=O) groups excluding carboxylic acids is 2. The van der Waals surface area contributed by atoms with Crippen LogP contribution in [0.2, 0.25) is 0 Å². The molecule has 0 bridgehead atoms. The number of ether oxygens (including phenoxy) is 2. The van der Waals surface area contributed by atoms with Gasteiger partial charge < -0.3 is 15.2 Å². The Morgan fingerprint density at radius 2 is 1.78 bits per heavy atom. The van der Waals surface area contributed by atoms with Gasteiger partial charge in [-0.2, -0.15) is 4.31 Å². The van der Waals surface area contributed by atoms with Crippen molar-refractivity contribution in [2.24, 2.45) is 5.73 Å². The topological polar surface area (TPSA) is 116 Å². The van der Waals surface area contributed by atoms with Crippen molar-refractivity contribution >= 4 is 21.9 Å². The Hall–Kier alpha value is -1.97. The number of primary amides is 1. The molecule has 1 aliphatic rings. The lowest BCUT2D eigenvalue weighted by Crippen LogP contribution is -2.40. The summed E-state index contributed by atoms with van der Waals surface area (Å²) in [4.78, 5) is 22.8. The number of esters is 1. The second kappa shape index (κ2) is 7.07. The van der Waals surface area contributed by atoms with Gasteiger partial charge in [-0.15, -0.1) is 0 Å². The van der Waals surface area contributed by atoms with Gasteiger partial charge in [-0.05, 0) is 31.2 Å². The fraction of sp³-hybridized carbons (Fsp3) is 0.429. The lowest BCUT2D eigenvalue weighted by atomic mass is 10.2. The van der Waals surface area contributed by atoms with Crippen LogP contribution < -0.4 is 5.73 Å². The molecule has 126 valence electrons. The van der Waals surface area contributed by atoms with Gasteiger partial charge in [-0.3, -0.25) is 4.79 Å². The summed E-state index contributed by atoms with van der Waals surface area (Å²) in [7, 11) is -3.61. The molecule has 1 aromatic rings. The molecular weight excluding hydrogens is 324 g/mol. The maximum absolute atomic E-state index is 12.4. The van der Waals surface area contributed by atoms with E-state index in [1.54, 1.807) is 0 Å². The van der Waals surface area contributed by atoms with E-state index >= 15 is 0 Å². The normalized spacial score (nSPS) is 17.4. The first-order chi connectivity index (χ1) is 10.8. The number of hydrogen-bond acceptors (Lipinski definition) is 6. The van der Waals surface area contributed by atoms with Crippen LogP contribution in [0.1, 0.15) is 17.3 Å². The summed E-state index contributed by atoms with van der Waals surface area (Å²) in [6, 6.07) is 5.33. The maximum atomic E-state index is 12.4. The largest absolute Gasteiger partial charge is 0.449 e. The van der Waals surface area contributed by atoms with Crippen molar-refractivity contribution in [3.8, 4) is 0 Å². The summed E-state index contributed by atoms with van der Waals surface area (Å²) in [5, 5.41) is 0. The first-order valence-electron chi connectivity index (χ1n) is 7.00. The first-order valence-corrected chi connectivity index (χ1v) is 8.44. The number of rotatable bonds is 5. The van der Waals surface area contributed by atoms with Crippen LogP contribution in [-0.4, -0.2) is 57.0 Å². The van der Waals surface area contributed by atoms with E-state index in [1.807, 2.05) is 0 Å². The van der Waals surface area contributed by atoms with Crippen LogP contribution in [0.25, 0.3) is 0 Å². The third-order valence-corrected chi connectivity index (χ3v) is 5.30. The molecule has 0 aliphatic carbocycles. The van der Waals surface area contributed by atoms with Crippen LogP contribution in [-0.2, 0) is 24.3 Å². The van der Waals surface area contributed by atoms with E-state index in [9.17, 15) is 18.0 Å². The standard InChI is InChI=1S/C14H18N2O6S/c1-10(13(15)17)22-14(18)11-2-4-12(5-3-11)23(19,20)16-6-8-21-9-7-16/h2-5,10H,6-9H2,1H3,(H2,15,17)/t10-/m1/s1. The highest BCUT2D eigenvalue weighted by Gasteiger charge is 2.26. The van der Waals surface area contributed by atoms with Crippen LogP contribution in [0, 0.1) is 0 Å². The summed E-state index contributed by atoms with van der Waals surface area (Å²) in [6.07, 6.45) is -1.06. The molecule has 1 heterocycles. The predicted molar refractivity (Wildman–Crippen MR) is 80.1 cm³/mol. The zero-order valence-electron chi connectivity index (χ0n) is 12.6. The molecule has 8 nitrogen and oxygen atoms in total. The van der Waals surface area contributed by atoms with Gasteiger partial charge in [0.25, 0.3) is 5.91 Å². The van der Waals surface area contributed by atoms with Gasteiger partial charge >= 0.3 is 5.97 Å². The van der Waals surface area contributed by atoms with E-state index < -0.39 is 28.0 Å². The van der Waals surface area contributed by atoms with E-state index in [4.69, 9.17) is 15.2 Å². The Bertz CT molecular complexity index is 680. The average Bonchev–Trinajstić information content (AvgIpc) is 2.55. The SMILES string of the molecule is C[C@@H](OC(=O)c1ccc(S(=O)(=O)N2CCOCC2)cc1)C(N)=O. The predicted octanol–water partition coefficient (Wildman–Crippen LogP) is -0.262. The molecule has 23 heavy (non-hydrogen) atoms. The molecular formula is C14H18N2O6S. The molecule has 1 amide bonds. The fourth-order valence-electron chi connectivity index (χ4n) is 1.99. The highest BCUT2D eigenvalue weighted by Crippen LogP contribution is 2.18. The number of sulfonamides is 1. The molecule has 1 saturated heterocycles. The summed E-state index contributed by atoms with van der Waals surface area (Å²) >= 11 is 0. The Kier molecular flexibility index (Phi) is 5.34. The summed E-state index contributed by atoms with van der Waals surface area (Å²) in [5.41, 5.74) is 5.15. The van der Waals surface area contributed by atoms with E-state index in [1.165, 1.54) is 35.5 Å². The second-order valence-corrected chi connectivity index (χ2v) is 6.93. The lowest BCUT2D eigenvalue weighted by Gasteiger charge is -2.26. The highest BCUT2D eigenvalue weighted by atomic mass is 32.2. The number of nitrogens with two attached hydrogens (primary N) is 1. The van der Waals surface area contributed by atoms with Gasteiger partial charge in [0.15, 0.2) is 6.10 Å². The minimum atomic E-state index is -3.61. The summed E-state index contributed by atoms with van der Waals surface area (Å²) in [6.45, 7) is 2.66. The summed E-state index contributed by atoms with van der Waals surface area (Å²) < 4.78 is 36.2. The number of hydrogen-bond donors (Lipinski definition) is 1. The van der Waals surface area contributed by atoms with E-state index in [-0.39, 0.29) is 10.5 Å². The van der Waals surface area contributed by atoms with E-state index in [2.05, 4.69) is 0 Å². The van der Waals surface area contributed by atoms with Gasteiger partial charge in [0, 0.05) is 13.1 Å². The summed E-state index contributed by atoms with van der Waals surface area (Å²) in [5.74, 6) is -1.50. The molecule has 9 heteroatoms. The molecule has 1 atom stereocenters. The minimum absolute atomic E-state index is 0.0823. The molecule has 1 aliphatic heterocycles. The Morgan fingerprint density at radius 1 is 1.22 bits per heavy atom. The first kappa shape index (κ1) is 17.4.